The summed E-state index contributed by atoms with van der Waals surface area (Å²) in [6, 6.07) is 34.4. The number of para-hydroxylation sites is 2. The van der Waals surface area contributed by atoms with Gasteiger partial charge in [0.2, 0.25) is 0 Å². The lowest BCUT2D eigenvalue weighted by atomic mass is 10.1. The van der Waals surface area contributed by atoms with Gasteiger partial charge >= 0.3 is 0 Å². The molecule has 0 aliphatic heterocycles. The summed E-state index contributed by atoms with van der Waals surface area (Å²) in [6.45, 7) is 0. The maximum Gasteiger partial charge on any atom is 0.136 e. The smallest absolute Gasteiger partial charge is 0.136 e. The second-order valence-corrected chi connectivity index (χ2v) is 7.40. The van der Waals surface area contributed by atoms with E-state index in [9.17, 15) is 0 Å². The summed E-state index contributed by atoms with van der Waals surface area (Å²) in [6.07, 6.45) is 1.85. The lowest BCUT2D eigenvalue weighted by molar-refractivity contribution is 0.482. The number of hydrogen-bond donors (Lipinski definition) is 0. The Morgan fingerprint density at radius 1 is 0.643 bits per heavy atom. The molecule has 3 heteroatoms. The van der Waals surface area contributed by atoms with Crippen LogP contribution < -0.4 is 4.74 Å². The molecule has 0 aliphatic carbocycles. The fraction of sp³-hybridized carbons (Fsp3) is 0. The maximum absolute atomic E-state index is 6.13. The van der Waals surface area contributed by atoms with E-state index in [-0.39, 0.29) is 0 Å². The molecule has 4 aromatic rings. The molecule has 0 heterocycles. The van der Waals surface area contributed by atoms with Crippen molar-refractivity contribution in [3.8, 4) is 22.6 Å². The number of benzene rings is 4. The summed E-state index contributed by atoms with van der Waals surface area (Å²) in [5.74, 6) is 1.58. The highest BCUT2D eigenvalue weighted by Gasteiger charge is 2.04. The van der Waals surface area contributed by atoms with E-state index in [2.05, 4.69) is 51.8 Å². The van der Waals surface area contributed by atoms with Crippen LogP contribution in [0, 0.1) is 3.57 Å². The molecule has 0 unspecified atom stereocenters. The van der Waals surface area contributed by atoms with Crippen molar-refractivity contribution in [1.29, 1.82) is 0 Å². The second kappa shape index (κ2) is 8.85. The Kier molecular flexibility index (Phi) is 5.83. The van der Waals surface area contributed by atoms with Gasteiger partial charge < -0.3 is 4.74 Å². The third kappa shape index (κ3) is 4.49. The normalized spacial score (nSPS) is 10.9. The zero-order chi connectivity index (χ0) is 19.2. The number of aliphatic imine (C=N–C) groups is 1. The Hall–Kier alpha value is -2.92. The Labute approximate surface area is 178 Å². The first-order valence-corrected chi connectivity index (χ1v) is 10.1. The van der Waals surface area contributed by atoms with Gasteiger partial charge in [-0.25, -0.2) is 0 Å². The minimum absolute atomic E-state index is 0.782. The zero-order valence-electron chi connectivity index (χ0n) is 15.1. The zero-order valence-corrected chi connectivity index (χ0v) is 17.3. The van der Waals surface area contributed by atoms with Crippen molar-refractivity contribution in [2.45, 2.75) is 0 Å². The molecule has 2 nitrogen and oxygen atoms in total. The van der Waals surface area contributed by atoms with Crippen LogP contribution in [0.1, 0.15) is 5.56 Å². The van der Waals surface area contributed by atoms with E-state index >= 15 is 0 Å². The van der Waals surface area contributed by atoms with Crippen molar-refractivity contribution in [2.24, 2.45) is 4.99 Å². The van der Waals surface area contributed by atoms with Gasteiger partial charge in [0.25, 0.3) is 0 Å². The lowest BCUT2D eigenvalue weighted by Crippen LogP contribution is -1.90. The Bertz CT molecular complexity index is 1090. The Morgan fingerprint density at radius 2 is 1.29 bits per heavy atom. The van der Waals surface area contributed by atoms with Crippen molar-refractivity contribution in [2.75, 3.05) is 0 Å². The third-order valence-corrected chi connectivity index (χ3v) is 5.22. The monoisotopic (exact) mass is 475 g/mol. The number of nitrogens with zero attached hydrogens (tertiary/aromatic N) is 1. The van der Waals surface area contributed by atoms with Gasteiger partial charge in [-0.3, -0.25) is 4.99 Å². The highest BCUT2D eigenvalue weighted by molar-refractivity contribution is 14.1. The van der Waals surface area contributed by atoms with Crippen LogP contribution in [0.3, 0.4) is 0 Å². The molecule has 0 N–H and O–H groups in total. The quantitative estimate of drug-likeness (QED) is 0.216. The highest BCUT2D eigenvalue weighted by Crippen LogP contribution is 2.28. The predicted octanol–water partition coefficient (Wildman–Crippen LogP) is 7.50. The van der Waals surface area contributed by atoms with Crippen molar-refractivity contribution in [1.82, 2.24) is 0 Å². The Balaban J connectivity index is 1.55. The summed E-state index contributed by atoms with van der Waals surface area (Å²) in [4.78, 5) is 4.62. The Morgan fingerprint density at radius 3 is 2.07 bits per heavy atom. The molecule has 136 valence electrons. The van der Waals surface area contributed by atoms with Crippen LogP contribution >= 0.6 is 22.6 Å². The molecule has 0 spiro atoms. The molecule has 4 aromatic carbocycles. The number of rotatable bonds is 5. The molecular weight excluding hydrogens is 457 g/mol. The number of ether oxygens (including phenoxy) is 1. The van der Waals surface area contributed by atoms with Crippen LogP contribution in [0.5, 0.6) is 11.5 Å². The topological polar surface area (TPSA) is 21.6 Å². The number of hydrogen-bond acceptors (Lipinski definition) is 2. The average molecular weight is 475 g/mol. The summed E-state index contributed by atoms with van der Waals surface area (Å²) < 4.78 is 7.24. The molecule has 4 rings (SSSR count). The van der Waals surface area contributed by atoms with E-state index < -0.39 is 0 Å². The molecule has 0 aromatic heterocycles. The van der Waals surface area contributed by atoms with Gasteiger partial charge in [-0.15, -0.1) is 0 Å². The fourth-order valence-corrected chi connectivity index (χ4v) is 3.38. The molecule has 0 aliphatic rings. The van der Waals surface area contributed by atoms with Crippen LogP contribution in [0.4, 0.5) is 5.69 Å². The van der Waals surface area contributed by atoms with Gasteiger partial charge in [0.1, 0.15) is 11.5 Å². The van der Waals surface area contributed by atoms with E-state index in [1.54, 1.807) is 0 Å². The average Bonchev–Trinajstić information content (AvgIpc) is 2.75. The van der Waals surface area contributed by atoms with Crippen molar-refractivity contribution >= 4 is 34.5 Å². The van der Waals surface area contributed by atoms with E-state index in [0.717, 1.165) is 26.3 Å². The summed E-state index contributed by atoms with van der Waals surface area (Å²) >= 11 is 2.29. The van der Waals surface area contributed by atoms with Crippen LogP contribution in [0.25, 0.3) is 11.1 Å². The van der Waals surface area contributed by atoms with Crippen LogP contribution in [0.15, 0.2) is 108 Å². The minimum Gasteiger partial charge on any atom is -0.457 e. The third-order valence-electron chi connectivity index (χ3n) is 4.30. The van der Waals surface area contributed by atoms with E-state index in [1.165, 1.54) is 11.1 Å². The number of halogens is 1. The standard InChI is InChI=1S/C25H18INO/c26-23-11-5-6-12-24(23)27-18-21-10-4-7-13-25(21)28-22-16-14-20(15-17-22)19-8-2-1-3-9-19/h1-18H. The first kappa shape index (κ1) is 18.4. The van der Waals surface area contributed by atoms with Gasteiger partial charge in [0.05, 0.1) is 5.69 Å². The summed E-state index contributed by atoms with van der Waals surface area (Å²) in [5.41, 5.74) is 4.25. The van der Waals surface area contributed by atoms with Crippen molar-refractivity contribution in [3.63, 3.8) is 0 Å². The summed E-state index contributed by atoms with van der Waals surface area (Å²) in [7, 11) is 0. The van der Waals surface area contributed by atoms with Crippen LogP contribution in [-0.4, -0.2) is 6.21 Å². The van der Waals surface area contributed by atoms with Crippen LogP contribution in [0.2, 0.25) is 0 Å². The largest absolute Gasteiger partial charge is 0.457 e. The van der Waals surface area contributed by atoms with Crippen molar-refractivity contribution < 1.29 is 4.74 Å². The van der Waals surface area contributed by atoms with Gasteiger partial charge in [0.15, 0.2) is 0 Å². The summed E-state index contributed by atoms with van der Waals surface area (Å²) in [5, 5.41) is 0. The first-order chi connectivity index (χ1) is 13.8. The van der Waals surface area contributed by atoms with Gasteiger partial charge in [-0.1, -0.05) is 66.7 Å². The van der Waals surface area contributed by atoms with Gasteiger partial charge in [-0.05, 0) is 70.1 Å². The first-order valence-electron chi connectivity index (χ1n) is 9.00. The predicted molar refractivity (Wildman–Crippen MR) is 125 cm³/mol. The molecule has 0 atom stereocenters. The molecular formula is C25H18INO. The minimum atomic E-state index is 0.782. The molecule has 28 heavy (non-hydrogen) atoms. The molecule has 0 fully saturated rings. The molecule has 0 amide bonds. The second-order valence-electron chi connectivity index (χ2n) is 6.24. The van der Waals surface area contributed by atoms with Gasteiger partial charge in [-0.2, -0.15) is 0 Å². The molecule has 0 radical (unpaired) electrons. The van der Waals surface area contributed by atoms with Crippen molar-refractivity contribution in [3.05, 3.63) is 112 Å². The molecule has 0 saturated heterocycles. The lowest BCUT2D eigenvalue weighted by Gasteiger charge is -2.09. The molecule has 0 bridgehead atoms. The molecule has 0 saturated carbocycles. The fourth-order valence-electron chi connectivity index (χ4n) is 2.85. The van der Waals surface area contributed by atoms with E-state index in [4.69, 9.17) is 4.74 Å². The van der Waals surface area contributed by atoms with E-state index in [0.29, 0.717) is 0 Å². The maximum atomic E-state index is 6.13. The SMILES string of the molecule is Ic1ccccc1N=Cc1ccccc1Oc1ccc(-c2ccccc2)cc1. The highest BCUT2D eigenvalue weighted by atomic mass is 127. The van der Waals surface area contributed by atoms with Gasteiger partial charge in [0, 0.05) is 15.3 Å². The van der Waals surface area contributed by atoms with Crippen LogP contribution in [-0.2, 0) is 0 Å². The van der Waals surface area contributed by atoms with E-state index in [1.807, 2.05) is 85.1 Å².